The summed E-state index contributed by atoms with van der Waals surface area (Å²) in [6.07, 6.45) is 5.65. The van der Waals surface area contributed by atoms with E-state index in [1.165, 1.54) is 0 Å². The van der Waals surface area contributed by atoms with Crippen LogP contribution >= 0.6 is 12.2 Å². The number of fused-ring (bicyclic) bond motifs is 1. The molecule has 172 valence electrons. The maximum atomic E-state index is 13.1. The van der Waals surface area contributed by atoms with E-state index in [4.69, 9.17) is 26.1 Å². The molecule has 0 aliphatic carbocycles. The Balaban J connectivity index is 1.16. The van der Waals surface area contributed by atoms with Gasteiger partial charge in [0.1, 0.15) is 0 Å². The lowest BCUT2D eigenvalue weighted by Crippen LogP contribution is -2.46. The van der Waals surface area contributed by atoms with Gasteiger partial charge in [-0.3, -0.25) is 4.79 Å². The van der Waals surface area contributed by atoms with Crippen LogP contribution < -0.4 is 10.1 Å². The highest BCUT2D eigenvalue weighted by atomic mass is 32.1. The highest BCUT2D eigenvalue weighted by Crippen LogP contribution is 2.41. The van der Waals surface area contributed by atoms with E-state index in [-0.39, 0.29) is 17.4 Å². The molecule has 1 N–H and O–H groups in total. The summed E-state index contributed by atoms with van der Waals surface area (Å²) in [6, 6.07) is 7.50. The minimum Gasteiger partial charge on any atom is -0.493 e. The number of carbonyl (C=O) groups excluding carboxylic acids is 1. The van der Waals surface area contributed by atoms with Gasteiger partial charge in [0.25, 0.3) is 5.91 Å². The first kappa shape index (κ1) is 21.5. The molecule has 3 aliphatic rings. The molecule has 1 aromatic heterocycles. The van der Waals surface area contributed by atoms with Gasteiger partial charge < -0.3 is 29.0 Å². The second-order valence-electron chi connectivity index (χ2n) is 9.27. The van der Waals surface area contributed by atoms with E-state index >= 15 is 0 Å². The van der Waals surface area contributed by atoms with Gasteiger partial charge >= 0.3 is 0 Å². The number of amides is 1. The summed E-state index contributed by atoms with van der Waals surface area (Å²) in [4.78, 5) is 17.3. The van der Waals surface area contributed by atoms with Crippen LogP contribution in [0.5, 0.6) is 5.75 Å². The first-order chi connectivity index (χ1) is 15.6. The summed E-state index contributed by atoms with van der Waals surface area (Å²) >= 11 is 5.65. The fraction of sp³-hybridized carbons (Fsp3) is 0.583. The number of hydrogen-bond acceptors (Lipinski definition) is 5. The zero-order chi connectivity index (χ0) is 22.1. The predicted octanol–water partition coefficient (Wildman–Crippen LogP) is 3.42. The largest absolute Gasteiger partial charge is 0.493 e. The molecule has 0 bridgehead atoms. The van der Waals surface area contributed by atoms with E-state index in [9.17, 15) is 4.79 Å². The van der Waals surface area contributed by atoms with Crippen LogP contribution in [0.2, 0.25) is 0 Å². The molecule has 1 amide bonds. The van der Waals surface area contributed by atoms with Crippen molar-refractivity contribution in [3.05, 3.63) is 30.0 Å². The van der Waals surface area contributed by atoms with Gasteiger partial charge in [0.2, 0.25) is 0 Å². The van der Waals surface area contributed by atoms with Crippen molar-refractivity contribution in [2.24, 2.45) is 5.41 Å². The van der Waals surface area contributed by atoms with Crippen LogP contribution in [0, 0.1) is 5.41 Å². The average molecular weight is 458 g/mol. The minimum atomic E-state index is -0.0401. The molecule has 3 fully saturated rings. The number of para-hydroxylation sites is 1. The lowest BCUT2D eigenvalue weighted by molar-refractivity contribution is 0.0570. The number of likely N-dealkylation sites (tertiary alicyclic amines) is 2. The SMILES string of the molecule is COc1cccc2cc(C(=O)N3CCC4(CC3)CCN(C(=S)NCC3CCCO3)C4)oc12. The molecule has 4 heterocycles. The van der Waals surface area contributed by atoms with Crippen LogP contribution in [0.1, 0.15) is 42.7 Å². The van der Waals surface area contributed by atoms with Crippen molar-refractivity contribution in [3.8, 4) is 5.75 Å². The second-order valence-corrected chi connectivity index (χ2v) is 9.66. The molecular formula is C24H31N3O4S. The molecule has 0 radical (unpaired) electrons. The molecule has 8 heteroatoms. The van der Waals surface area contributed by atoms with Gasteiger partial charge in [-0.05, 0) is 61.9 Å². The van der Waals surface area contributed by atoms with E-state index in [1.807, 2.05) is 29.2 Å². The predicted molar refractivity (Wildman–Crippen MR) is 126 cm³/mol. The molecule has 3 saturated heterocycles. The molecule has 32 heavy (non-hydrogen) atoms. The van der Waals surface area contributed by atoms with Crippen molar-refractivity contribution in [2.45, 2.75) is 38.2 Å². The number of rotatable bonds is 4. The molecule has 1 atom stereocenters. The van der Waals surface area contributed by atoms with E-state index in [1.54, 1.807) is 7.11 Å². The first-order valence-corrected chi connectivity index (χ1v) is 12.0. The van der Waals surface area contributed by atoms with Crippen molar-refractivity contribution in [2.75, 3.05) is 46.4 Å². The maximum Gasteiger partial charge on any atom is 0.289 e. The van der Waals surface area contributed by atoms with E-state index in [0.29, 0.717) is 17.1 Å². The summed E-state index contributed by atoms with van der Waals surface area (Å²) in [5.41, 5.74) is 0.867. The Morgan fingerprint density at radius 2 is 2.03 bits per heavy atom. The van der Waals surface area contributed by atoms with Crippen molar-refractivity contribution < 1.29 is 18.7 Å². The number of methoxy groups -OCH3 is 1. The molecule has 0 saturated carbocycles. The number of thiocarbonyl (C=S) groups is 1. The van der Waals surface area contributed by atoms with Gasteiger partial charge in [0.15, 0.2) is 22.2 Å². The van der Waals surface area contributed by atoms with Gasteiger partial charge in [-0.15, -0.1) is 0 Å². The average Bonchev–Trinajstić information content (AvgIpc) is 3.57. The summed E-state index contributed by atoms with van der Waals surface area (Å²) in [5.74, 6) is 0.990. The molecular weight excluding hydrogens is 426 g/mol. The quantitative estimate of drug-likeness (QED) is 0.706. The molecule has 5 rings (SSSR count). The van der Waals surface area contributed by atoms with Crippen molar-refractivity contribution in [3.63, 3.8) is 0 Å². The summed E-state index contributed by atoms with van der Waals surface area (Å²) in [7, 11) is 1.61. The Bertz CT molecular complexity index is 992. The second kappa shape index (κ2) is 8.90. The molecule has 3 aliphatic heterocycles. The van der Waals surface area contributed by atoms with Gasteiger partial charge in [-0.2, -0.15) is 0 Å². The number of piperidine rings is 1. The highest BCUT2D eigenvalue weighted by Gasteiger charge is 2.42. The fourth-order valence-corrected chi connectivity index (χ4v) is 5.52. The number of hydrogen-bond donors (Lipinski definition) is 1. The van der Waals surface area contributed by atoms with Gasteiger partial charge in [0.05, 0.1) is 13.2 Å². The molecule has 2 aromatic rings. The number of benzene rings is 1. The Morgan fingerprint density at radius 1 is 1.25 bits per heavy atom. The smallest absolute Gasteiger partial charge is 0.289 e. The van der Waals surface area contributed by atoms with Crippen LogP contribution in [0.3, 0.4) is 0 Å². The first-order valence-electron chi connectivity index (χ1n) is 11.6. The minimum absolute atomic E-state index is 0.0401. The lowest BCUT2D eigenvalue weighted by Gasteiger charge is -2.39. The maximum absolute atomic E-state index is 13.1. The number of nitrogens with zero attached hydrogens (tertiary/aromatic N) is 2. The third-order valence-corrected chi connectivity index (χ3v) is 7.68. The summed E-state index contributed by atoms with van der Waals surface area (Å²) in [6.45, 7) is 5.10. The Labute approximate surface area is 194 Å². The van der Waals surface area contributed by atoms with Crippen LogP contribution in [-0.2, 0) is 4.74 Å². The normalized spacial score (nSPS) is 22.6. The van der Waals surface area contributed by atoms with Crippen LogP contribution in [0.15, 0.2) is 28.7 Å². The highest BCUT2D eigenvalue weighted by molar-refractivity contribution is 7.80. The third kappa shape index (κ3) is 4.18. The van der Waals surface area contributed by atoms with Gasteiger partial charge in [0, 0.05) is 44.7 Å². The van der Waals surface area contributed by atoms with Crippen LogP contribution in [0.4, 0.5) is 0 Å². The summed E-state index contributed by atoms with van der Waals surface area (Å²) < 4.78 is 16.9. The molecule has 1 aromatic carbocycles. The van der Waals surface area contributed by atoms with Crippen molar-refractivity contribution >= 4 is 34.2 Å². The number of furan rings is 1. The Kier molecular flexibility index (Phi) is 5.99. The zero-order valence-corrected chi connectivity index (χ0v) is 19.4. The molecule has 1 spiro atoms. The van der Waals surface area contributed by atoms with E-state index in [2.05, 4.69) is 10.2 Å². The molecule has 7 nitrogen and oxygen atoms in total. The number of ether oxygens (including phenoxy) is 2. The Hall–Kier alpha value is -2.32. The topological polar surface area (TPSA) is 67.2 Å². The van der Waals surface area contributed by atoms with E-state index in [0.717, 1.165) is 81.9 Å². The van der Waals surface area contributed by atoms with Gasteiger partial charge in [-0.1, -0.05) is 12.1 Å². The van der Waals surface area contributed by atoms with Crippen molar-refractivity contribution in [1.82, 2.24) is 15.1 Å². The molecule has 1 unspecified atom stereocenters. The van der Waals surface area contributed by atoms with Gasteiger partial charge in [-0.25, -0.2) is 0 Å². The Morgan fingerprint density at radius 3 is 2.75 bits per heavy atom. The number of carbonyl (C=O) groups is 1. The van der Waals surface area contributed by atoms with Crippen LogP contribution in [0.25, 0.3) is 11.0 Å². The van der Waals surface area contributed by atoms with Crippen molar-refractivity contribution in [1.29, 1.82) is 0 Å². The fourth-order valence-electron chi connectivity index (χ4n) is 5.28. The van der Waals surface area contributed by atoms with Crippen LogP contribution in [-0.4, -0.2) is 73.4 Å². The zero-order valence-electron chi connectivity index (χ0n) is 18.6. The third-order valence-electron chi connectivity index (χ3n) is 7.28. The summed E-state index contributed by atoms with van der Waals surface area (Å²) in [5, 5.41) is 5.13. The van der Waals surface area contributed by atoms with E-state index < -0.39 is 0 Å². The lowest BCUT2D eigenvalue weighted by atomic mass is 9.78. The standard InChI is InChI=1S/C24H31N3O4S/c1-29-19-6-2-4-17-14-20(31-21(17)19)22(28)26-10-7-24(8-11-26)9-12-27(16-24)23(32)25-15-18-5-3-13-30-18/h2,4,6,14,18H,3,5,7-13,15-16H2,1H3,(H,25,32). The monoisotopic (exact) mass is 457 g/mol. The number of nitrogens with one attached hydrogen (secondary N) is 1.